The summed E-state index contributed by atoms with van der Waals surface area (Å²) in [5.41, 5.74) is 2.09. The Balaban J connectivity index is 1.40. The second kappa shape index (κ2) is 9.56. The van der Waals surface area contributed by atoms with E-state index in [4.69, 9.17) is 0 Å². The third kappa shape index (κ3) is 4.87. The molecule has 0 bridgehead atoms. The lowest BCUT2D eigenvalue weighted by atomic mass is 10.2. The van der Waals surface area contributed by atoms with Gasteiger partial charge in [-0.2, -0.15) is 5.10 Å². The Labute approximate surface area is 179 Å². The summed E-state index contributed by atoms with van der Waals surface area (Å²) in [7, 11) is 0. The molecule has 2 aromatic carbocycles. The summed E-state index contributed by atoms with van der Waals surface area (Å²) in [6.07, 6.45) is 3.10. The lowest BCUT2D eigenvalue weighted by molar-refractivity contribution is 0.184. The van der Waals surface area contributed by atoms with Gasteiger partial charge in [0.05, 0.1) is 12.2 Å². The molecule has 1 unspecified atom stereocenters. The number of nitrogens with zero attached hydrogens (tertiary/aromatic N) is 3. The van der Waals surface area contributed by atoms with Crippen molar-refractivity contribution in [3.05, 3.63) is 83.5 Å². The predicted octanol–water partition coefficient (Wildman–Crippen LogP) is 3.88. The molecule has 0 fully saturated rings. The minimum atomic E-state index is -0.589. The number of thiophene rings is 1. The third-order valence-electron chi connectivity index (χ3n) is 4.68. The van der Waals surface area contributed by atoms with Crippen molar-refractivity contribution in [2.24, 2.45) is 4.99 Å². The van der Waals surface area contributed by atoms with Gasteiger partial charge in [0.15, 0.2) is 5.96 Å². The van der Waals surface area contributed by atoms with Gasteiger partial charge in [0.2, 0.25) is 0 Å². The Hall–Kier alpha value is -3.16. The highest BCUT2D eigenvalue weighted by Gasteiger charge is 2.12. The molecule has 7 heteroatoms. The van der Waals surface area contributed by atoms with E-state index in [-0.39, 0.29) is 0 Å². The van der Waals surface area contributed by atoms with E-state index in [0.29, 0.717) is 19.0 Å². The Morgan fingerprint density at radius 2 is 2.03 bits per heavy atom. The van der Waals surface area contributed by atoms with E-state index in [1.165, 1.54) is 4.70 Å². The van der Waals surface area contributed by atoms with Crippen molar-refractivity contribution >= 4 is 27.4 Å². The highest BCUT2D eigenvalue weighted by Crippen LogP contribution is 2.29. The average molecular weight is 420 g/mol. The summed E-state index contributed by atoms with van der Waals surface area (Å²) < 4.78 is 3.02. The van der Waals surface area contributed by atoms with Crippen LogP contribution in [0.5, 0.6) is 0 Å². The normalized spacial score (nSPS) is 12.8. The molecule has 0 amide bonds. The molecule has 6 nitrogen and oxygen atoms in total. The molecule has 2 heterocycles. The first-order chi connectivity index (χ1) is 14.7. The number of aliphatic hydroxyl groups excluding tert-OH is 1. The first-order valence-electron chi connectivity index (χ1n) is 10.0. The number of aliphatic imine (C=N–C) groups is 1. The van der Waals surface area contributed by atoms with E-state index in [0.717, 1.165) is 28.1 Å². The number of hydrogen-bond donors (Lipinski definition) is 3. The van der Waals surface area contributed by atoms with Gasteiger partial charge < -0.3 is 15.7 Å². The zero-order valence-electron chi connectivity index (χ0n) is 16.8. The van der Waals surface area contributed by atoms with Crippen LogP contribution in [0.1, 0.15) is 23.5 Å². The number of nitrogens with one attached hydrogen (secondary N) is 2. The van der Waals surface area contributed by atoms with Crippen LogP contribution >= 0.6 is 11.3 Å². The summed E-state index contributed by atoms with van der Waals surface area (Å²) >= 11 is 1.62. The van der Waals surface area contributed by atoms with Crippen LogP contribution in [-0.4, -0.2) is 33.9 Å². The van der Waals surface area contributed by atoms with Crippen molar-refractivity contribution in [3.8, 4) is 5.69 Å². The van der Waals surface area contributed by atoms with Gasteiger partial charge in [0.25, 0.3) is 0 Å². The summed E-state index contributed by atoms with van der Waals surface area (Å²) in [4.78, 5) is 5.62. The maximum Gasteiger partial charge on any atom is 0.191 e. The van der Waals surface area contributed by atoms with Gasteiger partial charge in [-0.3, -0.25) is 0 Å². The largest absolute Gasteiger partial charge is 0.386 e. The molecule has 3 N–H and O–H groups in total. The smallest absolute Gasteiger partial charge is 0.191 e. The highest BCUT2D eigenvalue weighted by atomic mass is 32.1. The molecule has 154 valence electrons. The van der Waals surface area contributed by atoms with Gasteiger partial charge in [-0.15, -0.1) is 11.3 Å². The van der Waals surface area contributed by atoms with Crippen LogP contribution in [0.3, 0.4) is 0 Å². The second-order valence-electron chi connectivity index (χ2n) is 6.90. The van der Waals surface area contributed by atoms with Gasteiger partial charge in [-0.1, -0.05) is 30.3 Å². The van der Waals surface area contributed by atoms with Crippen molar-refractivity contribution in [1.29, 1.82) is 0 Å². The van der Waals surface area contributed by atoms with Crippen LogP contribution in [0.15, 0.2) is 78.0 Å². The van der Waals surface area contributed by atoms with Gasteiger partial charge >= 0.3 is 0 Å². The molecule has 0 saturated heterocycles. The van der Waals surface area contributed by atoms with E-state index < -0.39 is 6.10 Å². The molecule has 0 aliphatic carbocycles. The second-order valence-corrected chi connectivity index (χ2v) is 8.01. The summed E-state index contributed by atoms with van der Waals surface area (Å²) in [5, 5.41) is 22.6. The van der Waals surface area contributed by atoms with Crippen molar-refractivity contribution in [3.63, 3.8) is 0 Å². The van der Waals surface area contributed by atoms with Gasteiger partial charge in [0.1, 0.15) is 6.10 Å². The Morgan fingerprint density at radius 1 is 1.13 bits per heavy atom. The van der Waals surface area contributed by atoms with Crippen molar-refractivity contribution in [1.82, 2.24) is 20.4 Å². The fraction of sp³-hybridized carbons (Fsp3) is 0.217. The fourth-order valence-electron chi connectivity index (χ4n) is 3.19. The van der Waals surface area contributed by atoms with Crippen LogP contribution in [0, 0.1) is 0 Å². The van der Waals surface area contributed by atoms with Gasteiger partial charge in [0, 0.05) is 35.1 Å². The van der Waals surface area contributed by atoms with E-state index in [1.54, 1.807) is 17.5 Å². The first kappa shape index (κ1) is 20.1. The van der Waals surface area contributed by atoms with Gasteiger partial charge in [-0.25, -0.2) is 9.67 Å². The summed E-state index contributed by atoms with van der Waals surface area (Å²) in [6, 6.07) is 20.3. The number of fused-ring (bicyclic) bond motifs is 1. The van der Waals surface area contributed by atoms with Crippen LogP contribution in [0.4, 0.5) is 0 Å². The maximum absolute atomic E-state index is 10.6. The zero-order chi connectivity index (χ0) is 20.8. The molecular weight excluding hydrogens is 394 g/mol. The van der Waals surface area contributed by atoms with E-state index in [2.05, 4.69) is 45.0 Å². The fourth-order valence-corrected chi connectivity index (χ4v) is 4.24. The Morgan fingerprint density at radius 3 is 2.83 bits per heavy atom. The van der Waals surface area contributed by atoms with Gasteiger partial charge in [-0.05, 0) is 48.2 Å². The van der Waals surface area contributed by atoms with Crippen molar-refractivity contribution in [2.75, 3.05) is 13.1 Å². The molecule has 0 radical (unpaired) electrons. The molecule has 1 atom stereocenters. The maximum atomic E-state index is 10.6. The number of benzene rings is 2. The number of hydrogen-bond acceptors (Lipinski definition) is 4. The summed E-state index contributed by atoms with van der Waals surface area (Å²) in [6.45, 7) is 3.70. The molecule has 0 aliphatic rings. The lowest BCUT2D eigenvalue weighted by Crippen LogP contribution is -2.39. The zero-order valence-corrected chi connectivity index (χ0v) is 17.6. The van der Waals surface area contributed by atoms with Crippen LogP contribution < -0.4 is 10.6 Å². The number of rotatable bonds is 7. The van der Waals surface area contributed by atoms with Crippen molar-refractivity contribution in [2.45, 2.75) is 19.6 Å². The minimum absolute atomic E-state index is 0.395. The average Bonchev–Trinajstić information content (AvgIpc) is 3.46. The summed E-state index contributed by atoms with van der Waals surface area (Å²) in [5.74, 6) is 0.683. The molecule has 4 aromatic rings. The molecule has 0 saturated carbocycles. The molecular formula is C23H25N5OS. The van der Waals surface area contributed by atoms with Crippen molar-refractivity contribution < 1.29 is 5.11 Å². The molecule has 4 rings (SSSR count). The quantitative estimate of drug-likeness (QED) is 0.314. The van der Waals surface area contributed by atoms with Crippen LogP contribution in [0.25, 0.3) is 15.8 Å². The third-order valence-corrected chi connectivity index (χ3v) is 5.90. The Bertz CT molecular complexity index is 1090. The SMILES string of the molecule is CCNC(=NCc1cccc(-n2cccn2)c1)NCC(O)c1cc2ccccc2s1. The van der Waals surface area contributed by atoms with E-state index in [1.807, 2.05) is 54.2 Å². The molecule has 0 aliphatic heterocycles. The number of guanidine groups is 1. The Kier molecular flexibility index (Phi) is 6.41. The highest BCUT2D eigenvalue weighted by molar-refractivity contribution is 7.19. The molecule has 30 heavy (non-hydrogen) atoms. The minimum Gasteiger partial charge on any atom is -0.386 e. The van der Waals surface area contributed by atoms with E-state index >= 15 is 0 Å². The predicted molar refractivity (Wildman–Crippen MR) is 123 cm³/mol. The number of aliphatic hydroxyl groups is 1. The molecule has 0 spiro atoms. The lowest BCUT2D eigenvalue weighted by Gasteiger charge is -2.14. The monoisotopic (exact) mass is 419 g/mol. The van der Waals surface area contributed by atoms with Crippen LogP contribution in [-0.2, 0) is 6.54 Å². The number of aromatic nitrogens is 2. The topological polar surface area (TPSA) is 74.5 Å². The first-order valence-corrected chi connectivity index (χ1v) is 10.8. The van der Waals surface area contributed by atoms with Crippen LogP contribution in [0.2, 0.25) is 0 Å². The molecule has 2 aromatic heterocycles. The standard InChI is InChI=1S/C23H25N5OS/c1-2-24-23(25-15-17-7-5-9-19(13-17)28-12-6-11-27-28)26-16-20(29)22-14-18-8-3-4-10-21(18)30-22/h3-14,20,29H,2,15-16H2,1H3,(H2,24,25,26). The van der Waals surface area contributed by atoms with E-state index in [9.17, 15) is 5.11 Å².